The number of carbonyl (C=O) groups is 1. The fraction of sp³-hybridized carbons (Fsp3) is 0.667. The molecule has 0 spiro atoms. The van der Waals surface area contributed by atoms with Gasteiger partial charge in [0.15, 0.2) is 0 Å². The Labute approximate surface area is 181 Å². The molecule has 160 valence electrons. The zero-order valence-corrected chi connectivity index (χ0v) is 19.0. The van der Waals surface area contributed by atoms with Crippen LogP contribution >= 0.6 is 11.6 Å². The lowest BCUT2D eigenvalue weighted by molar-refractivity contribution is -0.138. The van der Waals surface area contributed by atoms with Crippen LogP contribution in [0.5, 0.6) is 0 Å². The van der Waals surface area contributed by atoms with E-state index in [-0.39, 0.29) is 28.7 Å². The molecule has 29 heavy (non-hydrogen) atoms. The number of carbonyl (C=O) groups excluding carboxylic acids is 1. The Morgan fingerprint density at radius 2 is 2.17 bits per heavy atom. The summed E-state index contributed by atoms with van der Waals surface area (Å²) in [4.78, 5) is 19.7. The maximum absolute atomic E-state index is 13.4. The molecule has 4 nitrogen and oxygen atoms in total. The molecule has 0 aromatic heterocycles. The van der Waals surface area contributed by atoms with Crippen LogP contribution in [0.1, 0.15) is 47.0 Å². The van der Waals surface area contributed by atoms with Crippen LogP contribution in [-0.4, -0.2) is 48.1 Å². The minimum absolute atomic E-state index is 0.0472. The molecule has 0 radical (unpaired) electrons. The number of rotatable bonds is 6. The number of likely N-dealkylation sites (tertiary alicyclic amines) is 1. The summed E-state index contributed by atoms with van der Waals surface area (Å²) in [5, 5.41) is 3.66. The van der Waals surface area contributed by atoms with Gasteiger partial charge in [0.2, 0.25) is 5.91 Å². The van der Waals surface area contributed by atoms with Gasteiger partial charge in [-0.05, 0) is 42.1 Å². The van der Waals surface area contributed by atoms with E-state index >= 15 is 0 Å². The standard InChI is InChI=1S/C24H36ClN3O/c1-17(2)22(27-15-18-6-5-12-26-14-18)23(29)28-13-11-21(24(3,4)16-28)19-7-9-20(25)10-8-19/h5,7-9,12,14,17-18,20-22,27H,6,10-11,13,15-16H2,1-4H3/t18?,20?,21?,22-/m1/s1. The van der Waals surface area contributed by atoms with Crippen LogP contribution in [0.3, 0.4) is 0 Å². The average Bonchev–Trinajstić information content (AvgIpc) is 2.68. The molecular formula is C24H36ClN3O. The highest BCUT2D eigenvalue weighted by Crippen LogP contribution is 2.41. The largest absolute Gasteiger partial charge is 0.341 e. The molecule has 2 heterocycles. The van der Waals surface area contributed by atoms with Gasteiger partial charge in [0.1, 0.15) is 0 Å². The molecule has 3 rings (SSSR count). The number of halogens is 1. The van der Waals surface area contributed by atoms with Gasteiger partial charge in [0, 0.05) is 38.0 Å². The quantitative estimate of drug-likeness (QED) is 0.643. The van der Waals surface area contributed by atoms with Crippen molar-refractivity contribution in [3.63, 3.8) is 0 Å². The highest BCUT2D eigenvalue weighted by Gasteiger charge is 2.40. The zero-order chi connectivity index (χ0) is 21.0. The maximum atomic E-state index is 13.4. The van der Waals surface area contributed by atoms with Crippen LogP contribution in [0.25, 0.3) is 0 Å². The van der Waals surface area contributed by atoms with Crippen molar-refractivity contribution in [1.29, 1.82) is 0 Å². The molecule has 3 aliphatic rings. The van der Waals surface area contributed by atoms with Gasteiger partial charge in [-0.2, -0.15) is 0 Å². The lowest BCUT2D eigenvalue weighted by atomic mass is 9.69. The summed E-state index contributed by atoms with van der Waals surface area (Å²) in [6, 6.07) is -0.146. The summed E-state index contributed by atoms with van der Waals surface area (Å²) < 4.78 is 0. The molecule has 1 saturated heterocycles. The van der Waals surface area contributed by atoms with E-state index in [2.05, 4.69) is 67.2 Å². The second kappa shape index (κ2) is 9.61. The molecule has 0 aromatic rings. The SMILES string of the molecule is CC(C)[C@@H](NCC1C=NC=CC1)C(=O)N1CCC(C2=CCC(Cl)C=C2)C(C)(C)C1. The number of hydrogen-bond donors (Lipinski definition) is 1. The highest BCUT2D eigenvalue weighted by molar-refractivity contribution is 6.22. The van der Waals surface area contributed by atoms with Gasteiger partial charge in [-0.1, -0.05) is 52.0 Å². The summed E-state index contributed by atoms with van der Waals surface area (Å²) >= 11 is 6.20. The summed E-state index contributed by atoms with van der Waals surface area (Å²) in [5.74, 6) is 1.34. The Morgan fingerprint density at radius 3 is 2.76 bits per heavy atom. The number of alkyl halides is 1. The first-order valence-corrected chi connectivity index (χ1v) is 11.4. The minimum atomic E-state index is -0.146. The molecule has 0 saturated carbocycles. The van der Waals surface area contributed by atoms with E-state index in [0.29, 0.717) is 11.8 Å². The average molecular weight is 418 g/mol. The van der Waals surface area contributed by atoms with E-state index < -0.39 is 0 Å². The first-order valence-electron chi connectivity index (χ1n) is 11.0. The third-order valence-electron chi connectivity index (χ3n) is 6.48. The summed E-state index contributed by atoms with van der Waals surface area (Å²) in [7, 11) is 0. The van der Waals surface area contributed by atoms with E-state index in [1.165, 1.54) is 5.57 Å². The monoisotopic (exact) mass is 417 g/mol. The van der Waals surface area contributed by atoms with Crippen LogP contribution in [0.2, 0.25) is 0 Å². The molecule has 1 N–H and O–H groups in total. The van der Waals surface area contributed by atoms with Crippen LogP contribution in [0.4, 0.5) is 0 Å². The molecule has 0 aromatic carbocycles. The van der Waals surface area contributed by atoms with Crippen molar-refractivity contribution in [3.8, 4) is 0 Å². The van der Waals surface area contributed by atoms with Crippen LogP contribution in [0.15, 0.2) is 41.1 Å². The van der Waals surface area contributed by atoms with Crippen molar-refractivity contribution in [3.05, 3.63) is 36.1 Å². The topological polar surface area (TPSA) is 44.7 Å². The van der Waals surface area contributed by atoms with Crippen molar-refractivity contribution in [2.75, 3.05) is 19.6 Å². The third kappa shape index (κ3) is 5.61. The van der Waals surface area contributed by atoms with E-state index in [1.54, 1.807) is 0 Å². The summed E-state index contributed by atoms with van der Waals surface area (Å²) in [6.07, 6.45) is 15.4. The Bertz CT molecular complexity index is 707. The van der Waals surface area contributed by atoms with Crippen LogP contribution in [0, 0.1) is 23.2 Å². The van der Waals surface area contributed by atoms with Crippen molar-refractivity contribution in [2.45, 2.75) is 58.4 Å². The molecule has 4 atom stereocenters. The normalized spacial score (nSPS) is 29.8. The number of piperidine rings is 1. The predicted octanol–water partition coefficient (Wildman–Crippen LogP) is 4.57. The van der Waals surface area contributed by atoms with Crippen molar-refractivity contribution in [1.82, 2.24) is 10.2 Å². The predicted molar refractivity (Wildman–Crippen MR) is 122 cm³/mol. The number of nitrogens with zero attached hydrogens (tertiary/aromatic N) is 2. The number of amides is 1. The maximum Gasteiger partial charge on any atom is 0.239 e. The number of allylic oxidation sites excluding steroid dienone is 5. The van der Waals surface area contributed by atoms with Crippen LogP contribution in [-0.2, 0) is 4.79 Å². The second-order valence-corrected chi connectivity index (χ2v) is 10.3. The lowest BCUT2D eigenvalue weighted by Crippen LogP contribution is -2.56. The molecule has 2 aliphatic heterocycles. The zero-order valence-electron chi connectivity index (χ0n) is 18.3. The lowest BCUT2D eigenvalue weighted by Gasteiger charge is -2.46. The first kappa shape index (κ1) is 22.3. The molecular weight excluding hydrogens is 382 g/mol. The van der Waals surface area contributed by atoms with Crippen LogP contribution < -0.4 is 5.32 Å². The molecule has 5 heteroatoms. The van der Waals surface area contributed by atoms with Gasteiger partial charge in [-0.15, -0.1) is 11.6 Å². The van der Waals surface area contributed by atoms with E-state index in [0.717, 1.165) is 38.9 Å². The molecule has 3 unspecified atom stereocenters. The van der Waals surface area contributed by atoms with Crippen molar-refractivity contribution >= 4 is 23.7 Å². The second-order valence-electron chi connectivity index (χ2n) is 9.71. The Morgan fingerprint density at radius 1 is 1.38 bits per heavy atom. The van der Waals surface area contributed by atoms with Gasteiger partial charge in [-0.25, -0.2) is 0 Å². The van der Waals surface area contributed by atoms with Gasteiger partial charge in [0.25, 0.3) is 0 Å². The van der Waals surface area contributed by atoms with Gasteiger partial charge < -0.3 is 10.2 Å². The Balaban J connectivity index is 1.62. The van der Waals surface area contributed by atoms with Gasteiger partial charge in [-0.3, -0.25) is 9.79 Å². The molecule has 1 amide bonds. The van der Waals surface area contributed by atoms with Gasteiger partial charge >= 0.3 is 0 Å². The third-order valence-corrected chi connectivity index (χ3v) is 6.80. The van der Waals surface area contributed by atoms with E-state index in [1.807, 2.05) is 12.4 Å². The number of hydrogen-bond acceptors (Lipinski definition) is 3. The molecule has 1 aliphatic carbocycles. The summed E-state index contributed by atoms with van der Waals surface area (Å²) in [6.45, 7) is 11.2. The van der Waals surface area contributed by atoms with Crippen molar-refractivity contribution in [2.24, 2.45) is 28.2 Å². The van der Waals surface area contributed by atoms with E-state index in [4.69, 9.17) is 11.6 Å². The fourth-order valence-electron chi connectivity index (χ4n) is 4.78. The smallest absolute Gasteiger partial charge is 0.239 e. The fourth-order valence-corrected chi connectivity index (χ4v) is 4.94. The number of nitrogens with one attached hydrogen (secondary N) is 1. The van der Waals surface area contributed by atoms with E-state index in [9.17, 15) is 4.79 Å². The molecule has 1 fully saturated rings. The number of aliphatic imine (C=N–C) groups is 1. The highest BCUT2D eigenvalue weighted by atomic mass is 35.5. The Kier molecular flexibility index (Phi) is 7.39. The van der Waals surface area contributed by atoms with Crippen molar-refractivity contribution < 1.29 is 4.79 Å². The minimum Gasteiger partial charge on any atom is -0.341 e. The van der Waals surface area contributed by atoms with Gasteiger partial charge in [0.05, 0.1) is 11.4 Å². The summed E-state index contributed by atoms with van der Waals surface area (Å²) in [5.41, 5.74) is 1.44. The Hall–Kier alpha value is -1.39. The first-order chi connectivity index (χ1) is 13.8. The molecule has 0 bridgehead atoms.